The summed E-state index contributed by atoms with van der Waals surface area (Å²) in [5.74, 6) is 1.78. The summed E-state index contributed by atoms with van der Waals surface area (Å²) in [6.07, 6.45) is 2.59. The van der Waals surface area contributed by atoms with Crippen LogP contribution in [0.3, 0.4) is 0 Å². The van der Waals surface area contributed by atoms with Gasteiger partial charge in [0.2, 0.25) is 0 Å². The Morgan fingerprint density at radius 1 is 1.25 bits per heavy atom. The van der Waals surface area contributed by atoms with E-state index in [-0.39, 0.29) is 0 Å². The fraction of sp³-hybridized carbons (Fsp3) is 0.762. The number of aliphatic imine (C=N–C) groups is 1. The van der Waals surface area contributed by atoms with Gasteiger partial charge in [-0.15, -0.1) is 11.3 Å². The minimum absolute atomic E-state index is 0.391. The Labute approximate surface area is 174 Å². The van der Waals surface area contributed by atoms with Gasteiger partial charge in [0.25, 0.3) is 0 Å². The van der Waals surface area contributed by atoms with E-state index in [1.54, 1.807) is 0 Å². The predicted molar refractivity (Wildman–Crippen MR) is 118 cm³/mol. The topological polar surface area (TPSA) is 52.1 Å². The van der Waals surface area contributed by atoms with Gasteiger partial charge in [0, 0.05) is 37.6 Å². The molecule has 158 valence electrons. The van der Waals surface area contributed by atoms with Gasteiger partial charge in [0.15, 0.2) is 5.96 Å². The van der Waals surface area contributed by atoms with Crippen LogP contribution in [0.25, 0.3) is 0 Å². The smallest absolute Gasteiger partial charge is 0.191 e. The Kier molecular flexibility index (Phi) is 9.05. The number of rotatable bonds is 8. The summed E-state index contributed by atoms with van der Waals surface area (Å²) in [4.78, 5) is 11.5. The summed E-state index contributed by atoms with van der Waals surface area (Å²) in [6, 6.07) is 4.82. The SMILES string of the molecule is CCNC(=NCC(c1cccs1)N1CCC(C)CC1)NCCN1CCOCC1. The second-order valence-electron chi connectivity index (χ2n) is 7.85. The van der Waals surface area contributed by atoms with Crippen molar-refractivity contribution in [2.45, 2.75) is 32.7 Å². The summed E-state index contributed by atoms with van der Waals surface area (Å²) in [7, 11) is 0. The molecule has 0 aromatic carbocycles. The zero-order chi connectivity index (χ0) is 19.6. The Morgan fingerprint density at radius 3 is 2.71 bits per heavy atom. The minimum Gasteiger partial charge on any atom is -0.379 e. The van der Waals surface area contributed by atoms with Gasteiger partial charge in [0.1, 0.15) is 0 Å². The van der Waals surface area contributed by atoms with Gasteiger partial charge >= 0.3 is 0 Å². The predicted octanol–water partition coefficient (Wildman–Crippen LogP) is 2.41. The van der Waals surface area contributed by atoms with E-state index in [4.69, 9.17) is 9.73 Å². The van der Waals surface area contributed by atoms with E-state index in [9.17, 15) is 0 Å². The summed E-state index contributed by atoms with van der Waals surface area (Å²) < 4.78 is 5.43. The van der Waals surface area contributed by atoms with Crippen LogP contribution >= 0.6 is 11.3 Å². The maximum Gasteiger partial charge on any atom is 0.191 e. The maximum atomic E-state index is 5.43. The van der Waals surface area contributed by atoms with Crippen molar-refractivity contribution in [3.05, 3.63) is 22.4 Å². The molecule has 1 aromatic heterocycles. The van der Waals surface area contributed by atoms with Crippen LogP contribution in [0.1, 0.15) is 37.6 Å². The standard InChI is InChI=1S/C21H37N5OS/c1-3-22-21(23-8-11-25-12-14-27-15-13-25)24-17-19(20-5-4-16-28-20)26-9-6-18(2)7-10-26/h4-5,16,18-19H,3,6-15,17H2,1-2H3,(H2,22,23,24). The normalized spacial score (nSPS) is 21.6. The zero-order valence-corrected chi connectivity index (χ0v) is 18.3. The molecule has 2 N–H and O–H groups in total. The van der Waals surface area contributed by atoms with Crippen LogP contribution in [0, 0.1) is 5.92 Å². The van der Waals surface area contributed by atoms with E-state index in [1.807, 2.05) is 11.3 Å². The molecule has 2 saturated heterocycles. The van der Waals surface area contributed by atoms with Gasteiger partial charge in [-0.25, -0.2) is 0 Å². The van der Waals surface area contributed by atoms with Crippen molar-refractivity contribution in [3.63, 3.8) is 0 Å². The molecule has 0 amide bonds. The zero-order valence-electron chi connectivity index (χ0n) is 17.5. The molecule has 0 spiro atoms. The van der Waals surface area contributed by atoms with Crippen LogP contribution in [0.2, 0.25) is 0 Å². The van der Waals surface area contributed by atoms with Crippen molar-refractivity contribution in [2.75, 3.05) is 65.6 Å². The largest absolute Gasteiger partial charge is 0.379 e. The van der Waals surface area contributed by atoms with Crippen molar-refractivity contribution in [3.8, 4) is 0 Å². The summed E-state index contributed by atoms with van der Waals surface area (Å²) >= 11 is 1.86. The molecule has 28 heavy (non-hydrogen) atoms. The number of likely N-dealkylation sites (tertiary alicyclic amines) is 1. The van der Waals surface area contributed by atoms with Crippen LogP contribution in [-0.4, -0.2) is 81.3 Å². The van der Waals surface area contributed by atoms with Crippen molar-refractivity contribution >= 4 is 17.3 Å². The van der Waals surface area contributed by atoms with Gasteiger partial charge in [0.05, 0.1) is 25.8 Å². The highest BCUT2D eigenvalue weighted by Crippen LogP contribution is 2.29. The molecule has 2 aliphatic heterocycles. The van der Waals surface area contributed by atoms with E-state index < -0.39 is 0 Å². The number of morpholine rings is 1. The van der Waals surface area contributed by atoms with Crippen molar-refractivity contribution in [1.29, 1.82) is 0 Å². The number of guanidine groups is 1. The third kappa shape index (κ3) is 6.72. The quantitative estimate of drug-likeness (QED) is 0.512. The van der Waals surface area contributed by atoms with Gasteiger partial charge in [-0.3, -0.25) is 14.8 Å². The fourth-order valence-corrected chi connectivity index (χ4v) is 4.74. The van der Waals surface area contributed by atoms with Crippen molar-refractivity contribution < 1.29 is 4.74 Å². The number of nitrogens with zero attached hydrogens (tertiary/aromatic N) is 3. The van der Waals surface area contributed by atoms with Crippen molar-refractivity contribution in [2.24, 2.45) is 10.9 Å². The maximum absolute atomic E-state index is 5.43. The molecule has 7 heteroatoms. The van der Waals surface area contributed by atoms with E-state index in [0.717, 1.165) is 64.4 Å². The first-order valence-electron chi connectivity index (χ1n) is 10.9. The average Bonchev–Trinajstić information content (AvgIpc) is 3.25. The van der Waals surface area contributed by atoms with Crippen LogP contribution in [0.15, 0.2) is 22.5 Å². The number of thiophene rings is 1. The Bertz CT molecular complexity index is 565. The second kappa shape index (κ2) is 11.8. The fourth-order valence-electron chi connectivity index (χ4n) is 3.88. The average molecular weight is 408 g/mol. The number of hydrogen-bond donors (Lipinski definition) is 2. The highest BCUT2D eigenvalue weighted by atomic mass is 32.1. The number of piperidine rings is 1. The monoisotopic (exact) mass is 407 g/mol. The Hall–Kier alpha value is -1.15. The van der Waals surface area contributed by atoms with Crippen LogP contribution < -0.4 is 10.6 Å². The van der Waals surface area contributed by atoms with Crippen LogP contribution in [-0.2, 0) is 4.74 Å². The molecular weight excluding hydrogens is 370 g/mol. The molecule has 0 aliphatic carbocycles. The number of ether oxygens (including phenoxy) is 1. The Morgan fingerprint density at radius 2 is 2.04 bits per heavy atom. The molecular formula is C21H37N5OS. The number of hydrogen-bond acceptors (Lipinski definition) is 5. The lowest BCUT2D eigenvalue weighted by atomic mass is 9.97. The molecule has 3 heterocycles. The van der Waals surface area contributed by atoms with Gasteiger partial charge < -0.3 is 15.4 Å². The minimum atomic E-state index is 0.391. The lowest BCUT2D eigenvalue weighted by Gasteiger charge is -2.35. The third-order valence-electron chi connectivity index (χ3n) is 5.72. The van der Waals surface area contributed by atoms with Gasteiger partial charge in [-0.05, 0) is 50.2 Å². The Balaban J connectivity index is 1.56. The molecule has 1 aromatic rings. The van der Waals surface area contributed by atoms with Gasteiger partial charge in [-0.1, -0.05) is 13.0 Å². The lowest BCUT2D eigenvalue weighted by Crippen LogP contribution is -2.45. The molecule has 1 atom stereocenters. The summed E-state index contributed by atoms with van der Waals surface area (Å²) in [5.41, 5.74) is 0. The van der Waals surface area contributed by atoms with E-state index in [2.05, 4.69) is 51.8 Å². The molecule has 0 bridgehead atoms. The molecule has 0 saturated carbocycles. The molecule has 2 fully saturated rings. The molecule has 1 unspecified atom stereocenters. The third-order valence-corrected chi connectivity index (χ3v) is 6.69. The van der Waals surface area contributed by atoms with E-state index in [0.29, 0.717) is 6.04 Å². The first-order valence-corrected chi connectivity index (χ1v) is 11.7. The first kappa shape index (κ1) is 21.6. The molecule has 6 nitrogen and oxygen atoms in total. The molecule has 0 radical (unpaired) electrons. The summed E-state index contributed by atoms with van der Waals surface area (Å²) in [5, 5.41) is 9.12. The van der Waals surface area contributed by atoms with E-state index in [1.165, 1.54) is 30.8 Å². The number of nitrogens with one attached hydrogen (secondary N) is 2. The molecule has 3 rings (SSSR count). The lowest BCUT2D eigenvalue weighted by molar-refractivity contribution is 0.0389. The van der Waals surface area contributed by atoms with Crippen LogP contribution in [0.5, 0.6) is 0 Å². The van der Waals surface area contributed by atoms with Crippen molar-refractivity contribution in [1.82, 2.24) is 20.4 Å². The van der Waals surface area contributed by atoms with E-state index >= 15 is 0 Å². The van der Waals surface area contributed by atoms with Gasteiger partial charge in [-0.2, -0.15) is 0 Å². The summed E-state index contributed by atoms with van der Waals surface area (Å²) in [6.45, 7) is 14.3. The highest BCUT2D eigenvalue weighted by Gasteiger charge is 2.25. The molecule has 2 aliphatic rings. The van der Waals surface area contributed by atoms with Crippen LogP contribution in [0.4, 0.5) is 0 Å². The highest BCUT2D eigenvalue weighted by molar-refractivity contribution is 7.10. The second-order valence-corrected chi connectivity index (χ2v) is 8.83. The first-order chi connectivity index (χ1) is 13.8.